The van der Waals surface area contributed by atoms with Crippen LogP contribution < -0.4 is 0 Å². The third kappa shape index (κ3) is 0.862. The van der Waals surface area contributed by atoms with Crippen LogP contribution in [0.5, 0.6) is 0 Å². The fourth-order valence-corrected chi connectivity index (χ4v) is 1.51. The van der Waals surface area contributed by atoms with Gasteiger partial charge in [-0.15, -0.1) is 0 Å². The Morgan fingerprint density at radius 3 is 3.18 bits per heavy atom. The third-order valence-corrected chi connectivity index (χ3v) is 2.15. The Labute approximate surface area is 65.3 Å². The molecule has 0 fully saturated rings. The van der Waals surface area contributed by atoms with Gasteiger partial charge in [0.25, 0.3) is 0 Å². The summed E-state index contributed by atoms with van der Waals surface area (Å²) >= 11 is 0. The van der Waals surface area contributed by atoms with Crippen LogP contribution in [0.1, 0.15) is 22.8 Å². The average molecular weight is 147 g/mol. The van der Waals surface area contributed by atoms with E-state index in [9.17, 15) is 4.79 Å². The van der Waals surface area contributed by atoms with Gasteiger partial charge in [0.2, 0.25) is 0 Å². The summed E-state index contributed by atoms with van der Waals surface area (Å²) in [6.07, 6.45) is 4.29. The monoisotopic (exact) mass is 147 g/mol. The number of hydrogen-bond acceptors (Lipinski definition) is 2. The maximum absolute atomic E-state index is 11.4. The van der Waals surface area contributed by atoms with Crippen molar-refractivity contribution in [2.24, 2.45) is 5.92 Å². The van der Waals surface area contributed by atoms with Gasteiger partial charge in [-0.2, -0.15) is 0 Å². The Morgan fingerprint density at radius 2 is 2.45 bits per heavy atom. The van der Waals surface area contributed by atoms with Crippen LogP contribution in [0.3, 0.4) is 0 Å². The standard InChI is InChI=1S/C9H9NO/c1-6-4-7-2-3-10-5-8(7)9(6)11/h2-3,5-6H,4H2,1H3. The lowest BCUT2D eigenvalue weighted by Crippen LogP contribution is -2.02. The summed E-state index contributed by atoms with van der Waals surface area (Å²) in [6.45, 7) is 1.96. The maximum atomic E-state index is 11.4. The van der Waals surface area contributed by atoms with E-state index in [1.165, 1.54) is 0 Å². The van der Waals surface area contributed by atoms with Crippen molar-refractivity contribution >= 4 is 5.78 Å². The van der Waals surface area contributed by atoms with Crippen LogP contribution in [0.15, 0.2) is 18.5 Å². The zero-order chi connectivity index (χ0) is 7.84. The molecule has 0 radical (unpaired) electrons. The van der Waals surface area contributed by atoms with E-state index in [0.29, 0.717) is 0 Å². The van der Waals surface area contributed by atoms with Crippen molar-refractivity contribution < 1.29 is 4.79 Å². The van der Waals surface area contributed by atoms with E-state index < -0.39 is 0 Å². The van der Waals surface area contributed by atoms with Crippen molar-refractivity contribution in [3.8, 4) is 0 Å². The molecule has 11 heavy (non-hydrogen) atoms. The van der Waals surface area contributed by atoms with Gasteiger partial charge in [-0.3, -0.25) is 9.78 Å². The van der Waals surface area contributed by atoms with Crippen LogP contribution >= 0.6 is 0 Å². The quantitative estimate of drug-likeness (QED) is 0.556. The first kappa shape index (κ1) is 6.53. The van der Waals surface area contributed by atoms with Crippen molar-refractivity contribution in [2.45, 2.75) is 13.3 Å². The Morgan fingerprint density at radius 1 is 1.64 bits per heavy atom. The molecule has 0 N–H and O–H groups in total. The fraction of sp³-hybridized carbons (Fsp3) is 0.333. The van der Waals surface area contributed by atoms with Crippen molar-refractivity contribution in [3.05, 3.63) is 29.6 Å². The van der Waals surface area contributed by atoms with Gasteiger partial charge in [0.15, 0.2) is 5.78 Å². The molecule has 0 saturated heterocycles. The van der Waals surface area contributed by atoms with Crippen molar-refractivity contribution in [2.75, 3.05) is 0 Å². The summed E-state index contributed by atoms with van der Waals surface area (Å²) < 4.78 is 0. The zero-order valence-electron chi connectivity index (χ0n) is 6.37. The van der Waals surface area contributed by atoms with E-state index >= 15 is 0 Å². The third-order valence-electron chi connectivity index (χ3n) is 2.15. The summed E-state index contributed by atoms with van der Waals surface area (Å²) in [5.74, 6) is 0.405. The molecule has 0 saturated carbocycles. The molecule has 0 amide bonds. The molecule has 1 aromatic rings. The van der Waals surface area contributed by atoms with Crippen LogP contribution in [0, 0.1) is 5.92 Å². The number of nitrogens with zero attached hydrogens (tertiary/aromatic N) is 1. The largest absolute Gasteiger partial charge is 0.294 e. The molecule has 1 aliphatic carbocycles. The van der Waals surface area contributed by atoms with E-state index in [1.54, 1.807) is 12.4 Å². The number of hydrogen-bond donors (Lipinski definition) is 0. The molecule has 1 unspecified atom stereocenters. The molecule has 2 rings (SSSR count). The highest BCUT2D eigenvalue weighted by Crippen LogP contribution is 2.24. The Hall–Kier alpha value is -1.18. The number of Topliss-reactive ketones (excluding diaryl/α,β-unsaturated/α-hetero) is 1. The van der Waals surface area contributed by atoms with Gasteiger partial charge in [-0.25, -0.2) is 0 Å². The predicted molar refractivity (Wildman–Crippen MR) is 41.4 cm³/mol. The van der Waals surface area contributed by atoms with Crippen LogP contribution in [0.4, 0.5) is 0 Å². The number of aromatic nitrogens is 1. The van der Waals surface area contributed by atoms with Gasteiger partial charge >= 0.3 is 0 Å². The molecular weight excluding hydrogens is 138 g/mol. The van der Waals surface area contributed by atoms with Crippen LogP contribution in [0.2, 0.25) is 0 Å². The lowest BCUT2D eigenvalue weighted by Gasteiger charge is -1.93. The van der Waals surface area contributed by atoms with Crippen LogP contribution in [-0.4, -0.2) is 10.8 Å². The molecule has 2 nitrogen and oxygen atoms in total. The lowest BCUT2D eigenvalue weighted by molar-refractivity contribution is 0.0946. The average Bonchev–Trinajstić information content (AvgIpc) is 2.30. The second-order valence-corrected chi connectivity index (χ2v) is 3.00. The first-order valence-corrected chi connectivity index (χ1v) is 3.76. The Bertz CT molecular complexity index is 306. The number of carbonyl (C=O) groups excluding carboxylic acids is 1. The minimum Gasteiger partial charge on any atom is -0.294 e. The highest BCUT2D eigenvalue weighted by Gasteiger charge is 2.26. The second kappa shape index (κ2) is 2.16. The first-order valence-electron chi connectivity index (χ1n) is 3.76. The molecule has 1 aliphatic rings. The Kier molecular flexibility index (Phi) is 1.28. The highest BCUT2D eigenvalue weighted by atomic mass is 16.1. The molecule has 56 valence electrons. The normalized spacial score (nSPS) is 21.9. The lowest BCUT2D eigenvalue weighted by atomic mass is 10.1. The zero-order valence-corrected chi connectivity index (χ0v) is 6.37. The molecule has 2 heteroatoms. The van der Waals surface area contributed by atoms with Crippen LogP contribution in [-0.2, 0) is 6.42 Å². The second-order valence-electron chi connectivity index (χ2n) is 3.00. The predicted octanol–water partition coefficient (Wildman–Crippen LogP) is 1.46. The van der Waals surface area contributed by atoms with Gasteiger partial charge in [0, 0.05) is 23.9 Å². The van der Waals surface area contributed by atoms with Gasteiger partial charge in [-0.1, -0.05) is 6.92 Å². The molecule has 0 bridgehead atoms. The van der Waals surface area contributed by atoms with E-state index in [-0.39, 0.29) is 11.7 Å². The minimum atomic E-state index is 0.161. The molecule has 1 atom stereocenters. The smallest absolute Gasteiger partial charge is 0.167 e. The maximum Gasteiger partial charge on any atom is 0.167 e. The highest BCUT2D eigenvalue weighted by molar-refractivity contribution is 6.01. The minimum absolute atomic E-state index is 0.161. The number of pyridine rings is 1. The molecule has 1 heterocycles. The topological polar surface area (TPSA) is 30.0 Å². The molecule has 0 aliphatic heterocycles. The molecule has 0 spiro atoms. The summed E-state index contributed by atoms with van der Waals surface area (Å²) in [4.78, 5) is 15.3. The van der Waals surface area contributed by atoms with Gasteiger partial charge in [-0.05, 0) is 18.1 Å². The van der Waals surface area contributed by atoms with E-state index in [0.717, 1.165) is 17.5 Å². The van der Waals surface area contributed by atoms with Crippen molar-refractivity contribution in [3.63, 3.8) is 0 Å². The number of ketones is 1. The molecular formula is C9H9NO. The number of rotatable bonds is 0. The van der Waals surface area contributed by atoms with E-state index in [1.807, 2.05) is 13.0 Å². The van der Waals surface area contributed by atoms with E-state index in [4.69, 9.17) is 0 Å². The summed E-state index contributed by atoms with van der Waals surface area (Å²) in [7, 11) is 0. The van der Waals surface area contributed by atoms with Crippen molar-refractivity contribution in [1.82, 2.24) is 4.98 Å². The SMILES string of the molecule is CC1Cc2ccncc2C1=O. The van der Waals surface area contributed by atoms with Crippen molar-refractivity contribution in [1.29, 1.82) is 0 Å². The van der Waals surface area contributed by atoms with Gasteiger partial charge in [0.05, 0.1) is 0 Å². The van der Waals surface area contributed by atoms with Gasteiger partial charge < -0.3 is 0 Å². The van der Waals surface area contributed by atoms with E-state index in [2.05, 4.69) is 4.98 Å². The summed E-state index contributed by atoms with van der Waals surface area (Å²) in [5.41, 5.74) is 1.97. The number of fused-ring (bicyclic) bond motifs is 1. The summed E-state index contributed by atoms with van der Waals surface area (Å²) in [6, 6.07) is 1.93. The first-order chi connectivity index (χ1) is 5.29. The molecule has 1 aromatic heterocycles. The number of carbonyl (C=O) groups is 1. The Balaban J connectivity index is 2.55. The molecule has 0 aromatic carbocycles. The van der Waals surface area contributed by atoms with Gasteiger partial charge in [0.1, 0.15) is 0 Å². The van der Waals surface area contributed by atoms with Crippen LogP contribution in [0.25, 0.3) is 0 Å². The fourth-order valence-electron chi connectivity index (χ4n) is 1.51. The summed E-state index contributed by atoms with van der Waals surface area (Å²) in [5, 5.41) is 0.